The summed E-state index contributed by atoms with van der Waals surface area (Å²) in [4.78, 5) is 18.3. The van der Waals surface area contributed by atoms with Crippen LogP contribution in [-0.4, -0.2) is 58.5 Å². The van der Waals surface area contributed by atoms with Crippen molar-refractivity contribution in [3.05, 3.63) is 18.0 Å². The first-order valence-corrected chi connectivity index (χ1v) is 8.19. The summed E-state index contributed by atoms with van der Waals surface area (Å²) in [6.07, 6.45) is 4.30. The molecule has 0 aromatic carbocycles. The maximum atomic E-state index is 11.9. The van der Waals surface area contributed by atoms with Crippen LogP contribution < -0.4 is 10.6 Å². The summed E-state index contributed by atoms with van der Waals surface area (Å²) in [5.41, 5.74) is 0.616. The van der Waals surface area contributed by atoms with E-state index in [9.17, 15) is 4.79 Å². The van der Waals surface area contributed by atoms with Gasteiger partial charge in [0, 0.05) is 45.5 Å². The fraction of sp³-hybridized carbons (Fsp3) is 0.688. The third-order valence-corrected chi connectivity index (χ3v) is 3.63. The number of carbonyl (C=O) groups is 1. The minimum absolute atomic E-state index is 0.0665. The van der Waals surface area contributed by atoms with Crippen molar-refractivity contribution < 1.29 is 9.53 Å². The van der Waals surface area contributed by atoms with Gasteiger partial charge in [-0.15, -0.1) is 0 Å². The number of alkyl carbamates (subject to hydrolysis) is 1. The average Bonchev–Trinajstić information content (AvgIpc) is 3.07. The maximum Gasteiger partial charge on any atom is 0.407 e. The second-order valence-corrected chi connectivity index (χ2v) is 7.00. The normalized spacial score (nSPS) is 18.6. The summed E-state index contributed by atoms with van der Waals surface area (Å²) in [7, 11) is 3.66. The molecule has 1 amide bonds. The molecule has 1 aromatic heterocycles. The Morgan fingerprint density at radius 1 is 1.50 bits per heavy atom. The van der Waals surface area contributed by atoms with Gasteiger partial charge in [-0.1, -0.05) is 0 Å². The van der Waals surface area contributed by atoms with E-state index < -0.39 is 5.60 Å². The van der Waals surface area contributed by atoms with E-state index in [0.717, 1.165) is 24.5 Å². The molecule has 1 aromatic rings. The van der Waals surface area contributed by atoms with Gasteiger partial charge < -0.3 is 20.3 Å². The molecule has 1 fully saturated rings. The summed E-state index contributed by atoms with van der Waals surface area (Å²) in [6, 6.07) is 0.0665. The Morgan fingerprint density at radius 3 is 2.83 bits per heavy atom. The van der Waals surface area contributed by atoms with Crippen LogP contribution in [0, 0.1) is 0 Å². The molecule has 0 radical (unpaired) electrons. The molecular weight excluding hydrogens is 308 g/mol. The maximum absolute atomic E-state index is 11.9. The van der Waals surface area contributed by atoms with Gasteiger partial charge >= 0.3 is 6.09 Å². The van der Waals surface area contributed by atoms with Crippen LogP contribution in [0.2, 0.25) is 0 Å². The van der Waals surface area contributed by atoms with Crippen LogP contribution in [-0.2, 0) is 18.3 Å². The molecule has 0 bridgehead atoms. The molecule has 2 N–H and O–H groups in total. The monoisotopic (exact) mass is 336 g/mol. The summed E-state index contributed by atoms with van der Waals surface area (Å²) in [6.45, 7) is 7.80. The number of nitrogens with zero attached hydrogens (tertiary/aromatic N) is 4. The minimum Gasteiger partial charge on any atom is -0.444 e. The van der Waals surface area contributed by atoms with Crippen molar-refractivity contribution >= 4 is 12.1 Å². The van der Waals surface area contributed by atoms with Crippen LogP contribution in [0.25, 0.3) is 0 Å². The van der Waals surface area contributed by atoms with Crippen LogP contribution in [0.5, 0.6) is 0 Å². The van der Waals surface area contributed by atoms with E-state index in [4.69, 9.17) is 4.74 Å². The highest BCUT2D eigenvalue weighted by molar-refractivity contribution is 5.80. The first-order chi connectivity index (χ1) is 11.3. The van der Waals surface area contributed by atoms with Gasteiger partial charge in [0.1, 0.15) is 5.60 Å². The van der Waals surface area contributed by atoms with Crippen molar-refractivity contribution in [1.82, 2.24) is 25.3 Å². The molecule has 0 spiro atoms. The molecule has 1 unspecified atom stereocenters. The molecule has 8 nitrogen and oxygen atoms in total. The Morgan fingerprint density at radius 2 is 2.25 bits per heavy atom. The van der Waals surface area contributed by atoms with Crippen LogP contribution in [0.4, 0.5) is 4.79 Å². The summed E-state index contributed by atoms with van der Waals surface area (Å²) < 4.78 is 7.08. The highest BCUT2D eigenvalue weighted by atomic mass is 16.6. The largest absolute Gasteiger partial charge is 0.444 e. The van der Waals surface area contributed by atoms with Crippen LogP contribution >= 0.6 is 0 Å². The molecule has 1 aliphatic heterocycles. The van der Waals surface area contributed by atoms with E-state index in [0.29, 0.717) is 13.1 Å². The standard InChI is InChI=1S/C16H28N6O2/c1-16(2,3)24-15(23)20-13-6-7-22(11-13)14(17-4)18-8-12-9-19-21(5)10-12/h9-10,13H,6-8,11H2,1-5H3,(H,17,18)(H,20,23). The first-order valence-electron chi connectivity index (χ1n) is 8.19. The van der Waals surface area contributed by atoms with Crippen molar-refractivity contribution in [2.24, 2.45) is 12.0 Å². The average molecular weight is 336 g/mol. The number of carbonyl (C=O) groups excluding carboxylic acids is 1. The van der Waals surface area contributed by atoms with E-state index in [-0.39, 0.29) is 12.1 Å². The molecular formula is C16H28N6O2. The van der Waals surface area contributed by atoms with Gasteiger partial charge in [-0.05, 0) is 27.2 Å². The molecule has 1 atom stereocenters. The van der Waals surface area contributed by atoms with Crippen molar-refractivity contribution in [3.8, 4) is 0 Å². The van der Waals surface area contributed by atoms with Gasteiger partial charge in [0.2, 0.25) is 0 Å². The quantitative estimate of drug-likeness (QED) is 0.638. The summed E-state index contributed by atoms with van der Waals surface area (Å²) >= 11 is 0. The minimum atomic E-state index is -0.482. The van der Waals surface area contributed by atoms with Gasteiger partial charge in [0.25, 0.3) is 0 Å². The predicted octanol–water partition coefficient (Wildman–Crippen LogP) is 1.09. The molecule has 0 saturated carbocycles. The number of aromatic nitrogens is 2. The smallest absolute Gasteiger partial charge is 0.407 e. The number of guanidine groups is 1. The van der Waals surface area contributed by atoms with E-state index >= 15 is 0 Å². The second-order valence-electron chi connectivity index (χ2n) is 7.00. The Hall–Kier alpha value is -2.25. The van der Waals surface area contributed by atoms with Crippen molar-refractivity contribution in [2.45, 2.75) is 45.4 Å². The zero-order chi connectivity index (χ0) is 17.7. The Bertz CT molecular complexity index is 590. The molecule has 1 saturated heterocycles. The van der Waals surface area contributed by atoms with E-state index in [1.807, 2.05) is 40.2 Å². The molecule has 0 aliphatic carbocycles. The fourth-order valence-electron chi connectivity index (χ4n) is 2.62. The lowest BCUT2D eigenvalue weighted by atomic mass is 10.2. The number of likely N-dealkylation sites (tertiary alicyclic amines) is 1. The fourth-order valence-corrected chi connectivity index (χ4v) is 2.62. The molecule has 2 heterocycles. The van der Waals surface area contributed by atoms with Crippen LogP contribution in [0.3, 0.4) is 0 Å². The lowest BCUT2D eigenvalue weighted by molar-refractivity contribution is 0.0507. The topological polar surface area (TPSA) is 83.8 Å². The SMILES string of the molecule is CN=C(NCc1cnn(C)c1)N1CCC(NC(=O)OC(C)(C)C)C1. The highest BCUT2D eigenvalue weighted by Gasteiger charge is 2.27. The molecule has 134 valence electrons. The van der Waals surface area contributed by atoms with Gasteiger partial charge in [0.05, 0.1) is 12.2 Å². The van der Waals surface area contributed by atoms with Crippen LogP contribution in [0.1, 0.15) is 32.8 Å². The number of hydrogen-bond donors (Lipinski definition) is 2. The number of nitrogens with one attached hydrogen (secondary N) is 2. The summed E-state index contributed by atoms with van der Waals surface area (Å²) in [5.74, 6) is 0.826. The Kier molecular flexibility index (Phi) is 5.69. The van der Waals surface area contributed by atoms with Gasteiger partial charge in [0.15, 0.2) is 5.96 Å². The number of rotatable bonds is 3. The van der Waals surface area contributed by atoms with Gasteiger partial charge in [-0.2, -0.15) is 5.10 Å². The van der Waals surface area contributed by atoms with Gasteiger partial charge in [-0.25, -0.2) is 4.79 Å². The Balaban J connectivity index is 1.81. The highest BCUT2D eigenvalue weighted by Crippen LogP contribution is 2.12. The lowest BCUT2D eigenvalue weighted by Gasteiger charge is -2.23. The number of aryl methyl sites for hydroxylation is 1. The second kappa shape index (κ2) is 7.55. The number of hydrogen-bond acceptors (Lipinski definition) is 4. The van der Waals surface area contributed by atoms with Gasteiger partial charge in [-0.3, -0.25) is 9.67 Å². The predicted molar refractivity (Wildman–Crippen MR) is 92.8 cm³/mol. The zero-order valence-electron chi connectivity index (χ0n) is 15.2. The van der Waals surface area contributed by atoms with Crippen molar-refractivity contribution in [2.75, 3.05) is 20.1 Å². The van der Waals surface area contributed by atoms with Crippen molar-refractivity contribution in [1.29, 1.82) is 0 Å². The molecule has 24 heavy (non-hydrogen) atoms. The van der Waals surface area contributed by atoms with Crippen molar-refractivity contribution in [3.63, 3.8) is 0 Å². The number of ether oxygens (including phenoxy) is 1. The van der Waals surface area contributed by atoms with Crippen LogP contribution in [0.15, 0.2) is 17.4 Å². The van der Waals surface area contributed by atoms with E-state index in [1.54, 1.807) is 11.7 Å². The van der Waals surface area contributed by atoms with E-state index in [1.165, 1.54) is 0 Å². The molecule has 2 rings (SSSR count). The molecule has 8 heteroatoms. The third kappa shape index (κ3) is 5.43. The summed E-state index contributed by atoms with van der Waals surface area (Å²) in [5, 5.41) is 10.4. The Labute approximate surface area is 143 Å². The molecule has 1 aliphatic rings. The van der Waals surface area contributed by atoms with E-state index in [2.05, 4.69) is 25.6 Å². The first kappa shape index (κ1) is 18.1. The number of aliphatic imine (C=N–C) groups is 1. The number of amides is 1. The third-order valence-electron chi connectivity index (χ3n) is 3.63. The zero-order valence-corrected chi connectivity index (χ0v) is 15.2. The lowest BCUT2D eigenvalue weighted by Crippen LogP contribution is -2.44.